The van der Waals surface area contributed by atoms with Gasteiger partial charge in [-0.25, -0.2) is 4.39 Å². The third-order valence-corrected chi connectivity index (χ3v) is 3.72. The van der Waals surface area contributed by atoms with E-state index in [4.69, 9.17) is 4.42 Å². The van der Waals surface area contributed by atoms with Crippen molar-refractivity contribution in [2.45, 2.75) is 33.7 Å². The van der Waals surface area contributed by atoms with E-state index in [1.807, 2.05) is 40.0 Å². The highest BCUT2D eigenvalue weighted by atomic mass is 19.1. The number of halogens is 1. The molecule has 1 unspecified atom stereocenters. The van der Waals surface area contributed by atoms with Crippen molar-refractivity contribution in [3.63, 3.8) is 0 Å². The van der Waals surface area contributed by atoms with Gasteiger partial charge in [0.1, 0.15) is 17.3 Å². The van der Waals surface area contributed by atoms with Gasteiger partial charge in [-0.2, -0.15) is 0 Å². The van der Waals surface area contributed by atoms with Crippen LogP contribution in [0.25, 0.3) is 0 Å². The van der Waals surface area contributed by atoms with E-state index in [0.717, 1.165) is 28.2 Å². The Kier molecular flexibility index (Phi) is 3.76. The first-order valence-corrected chi connectivity index (χ1v) is 6.45. The first kappa shape index (κ1) is 13.8. The Morgan fingerprint density at radius 3 is 2.26 bits per heavy atom. The summed E-state index contributed by atoms with van der Waals surface area (Å²) in [7, 11) is 1.88. The molecule has 0 saturated heterocycles. The minimum atomic E-state index is -0.173. The zero-order valence-corrected chi connectivity index (χ0v) is 12.1. The molecule has 2 nitrogen and oxygen atoms in total. The van der Waals surface area contributed by atoms with Crippen LogP contribution in [0.15, 0.2) is 22.6 Å². The molecule has 1 aromatic carbocycles. The largest absolute Gasteiger partial charge is 0.466 e. The van der Waals surface area contributed by atoms with Gasteiger partial charge in [0, 0.05) is 5.56 Å². The number of benzene rings is 1. The lowest BCUT2D eigenvalue weighted by molar-refractivity contribution is 0.495. The number of hydrogen-bond acceptors (Lipinski definition) is 2. The fraction of sp³-hybridized carbons (Fsp3) is 0.375. The molecule has 0 spiro atoms. The Morgan fingerprint density at radius 2 is 1.79 bits per heavy atom. The number of furan rings is 1. The first-order valence-electron chi connectivity index (χ1n) is 6.45. The van der Waals surface area contributed by atoms with Gasteiger partial charge >= 0.3 is 0 Å². The van der Waals surface area contributed by atoms with Crippen LogP contribution in [0, 0.1) is 33.5 Å². The van der Waals surface area contributed by atoms with Gasteiger partial charge in [-0.05, 0) is 57.5 Å². The van der Waals surface area contributed by atoms with E-state index in [2.05, 4.69) is 5.32 Å². The number of nitrogens with one attached hydrogen (secondary N) is 1. The normalized spacial score (nSPS) is 12.7. The van der Waals surface area contributed by atoms with E-state index in [1.54, 1.807) is 13.0 Å². The van der Waals surface area contributed by atoms with E-state index >= 15 is 0 Å². The molecule has 0 saturated carbocycles. The monoisotopic (exact) mass is 261 g/mol. The van der Waals surface area contributed by atoms with E-state index in [-0.39, 0.29) is 11.9 Å². The summed E-state index contributed by atoms with van der Waals surface area (Å²) in [6.45, 7) is 7.71. The molecule has 0 amide bonds. The summed E-state index contributed by atoms with van der Waals surface area (Å²) in [5.41, 5.74) is 3.80. The second-order valence-electron chi connectivity index (χ2n) is 4.98. The van der Waals surface area contributed by atoms with Crippen molar-refractivity contribution in [3.8, 4) is 0 Å². The zero-order chi connectivity index (χ0) is 14.2. The van der Waals surface area contributed by atoms with Crippen molar-refractivity contribution >= 4 is 0 Å². The van der Waals surface area contributed by atoms with Crippen LogP contribution in [-0.4, -0.2) is 7.05 Å². The topological polar surface area (TPSA) is 25.2 Å². The molecule has 2 rings (SSSR count). The van der Waals surface area contributed by atoms with E-state index in [1.165, 1.54) is 0 Å². The molecule has 1 heterocycles. The Labute approximate surface area is 113 Å². The average molecular weight is 261 g/mol. The lowest BCUT2D eigenvalue weighted by Crippen LogP contribution is -2.19. The highest BCUT2D eigenvalue weighted by Gasteiger charge is 2.21. The molecular weight excluding hydrogens is 241 g/mol. The summed E-state index contributed by atoms with van der Waals surface area (Å²) in [5, 5.41) is 3.25. The highest BCUT2D eigenvalue weighted by Crippen LogP contribution is 2.31. The van der Waals surface area contributed by atoms with Gasteiger partial charge in [-0.1, -0.05) is 12.1 Å². The molecule has 0 aliphatic carbocycles. The summed E-state index contributed by atoms with van der Waals surface area (Å²) in [6, 6.07) is 5.32. The van der Waals surface area contributed by atoms with Gasteiger partial charge in [0.05, 0.1) is 6.04 Å². The van der Waals surface area contributed by atoms with Crippen molar-refractivity contribution in [2.75, 3.05) is 7.05 Å². The molecule has 0 radical (unpaired) electrons. The molecule has 2 aromatic rings. The van der Waals surface area contributed by atoms with Crippen molar-refractivity contribution in [2.24, 2.45) is 0 Å². The lowest BCUT2D eigenvalue weighted by Gasteiger charge is -2.18. The summed E-state index contributed by atoms with van der Waals surface area (Å²) >= 11 is 0. The Morgan fingerprint density at radius 1 is 1.11 bits per heavy atom. The van der Waals surface area contributed by atoms with Crippen LogP contribution in [0.1, 0.15) is 39.8 Å². The molecule has 0 aliphatic heterocycles. The van der Waals surface area contributed by atoms with Crippen molar-refractivity contribution in [3.05, 3.63) is 57.8 Å². The second kappa shape index (κ2) is 5.17. The van der Waals surface area contributed by atoms with Crippen LogP contribution in [0.2, 0.25) is 0 Å². The van der Waals surface area contributed by atoms with Gasteiger partial charge in [0.25, 0.3) is 0 Å². The number of aryl methyl sites for hydroxylation is 3. The molecule has 1 atom stereocenters. The maximum Gasteiger partial charge on any atom is 0.126 e. The molecule has 3 heteroatoms. The SMILES string of the molecule is CNC(c1ccc(C)c(F)c1)c1c(C)oc(C)c1C. The van der Waals surface area contributed by atoms with Crippen LogP contribution in [0.5, 0.6) is 0 Å². The summed E-state index contributed by atoms with van der Waals surface area (Å²) in [5.74, 6) is 1.63. The zero-order valence-electron chi connectivity index (χ0n) is 12.1. The number of rotatable bonds is 3. The first-order chi connectivity index (χ1) is 8.95. The van der Waals surface area contributed by atoms with Crippen molar-refractivity contribution in [1.29, 1.82) is 0 Å². The average Bonchev–Trinajstić information content (AvgIpc) is 2.61. The smallest absolute Gasteiger partial charge is 0.126 e. The quantitative estimate of drug-likeness (QED) is 0.904. The molecule has 19 heavy (non-hydrogen) atoms. The Hall–Kier alpha value is -1.61. The maximum atomic E-state index is 13.7. The third kappa shape index (κ3) is 2.43. The maximum absolute atomic E-state index is 13.7. The standard InChI is InChI=1S/C16H20FNO/c1-9-6-7-13(8-14(9)17)16(18-5)15-10(2)11(3)19-12(15)4/h6-8,16,18H,1-5H3. The second-order valence-corrected chi connectivity index (χ2v) is 4.98. The Balaban J connectivity index is 2.52. The van der Waals surface area contributed by atoms with Crippen molar-refractivity contribution < 1.29 is 8.81 Å². The molecule has 1 N–H and O–H groups in total. The molecule has 0 bridgehead atoms. The van der Waals surface area contributed by atoms with Gasteiger partial charge < -0.3 is 9.73 Å². The fourth-order valence-electron chi connectivity index (χ4n) is 2.50. The molecule has 1 aromatic heterocycles. The van der Waals surface area contributed by atoms with Gasteiger partial charge in [-0.15, -0.1) is 0 Å². The molecule has 0 aliphatic rings. The van der Waals surface area contributed by atoms with E-state index in [0.29, 0.717) is 5.56 Å². The van der Waals surface area contributed by atoms with E-state index in [9.17, 15) is 4.39 Å². The number of hydrogen-bond donors (Lipinski definition) is 1. The summed E-state index contributed by atoms with van der Waals surface area (Å²) in [6.07, 6.45) is 0. The van der Waals surface area contributed by atoms with Crippen LogP contribution in [0.4, 0.5) is 4.39 Å². The molecule has 0 fully saturated rings. The van der Waals surface area contributed by atoms with Gasteiger partial charge in [-0.3, -0.25) is 0 Å². The minimum absolute atomic E-state index is 0.0486. The van der Waals surface area contributed by atoms with Crippen LogP contribution in [-0.2, 0) is 0 Å². The highest BCUT2D eigenvalue weighted by molar-refractivity contribution is 5.41. The van der Waals surface area contributed by atoms with Gasteiger partial charge in [0.15, 0.2) is 0 Å². The third-order valence-electron chi connectivity index (χ3n) is 3.72. The van der Waals surface area contributed by atoms with Crippen molar-refractivity contribution in [1.82, 2.24) is 5.32 Å². The van der Waals surface area contributed by atoms with E-state index < -0.39 is 0 Å². The lowest BCUT2D eigenvalue weighted by atomic mass is 9.95. The predicted molar refractivity (Wildman–Crippen MR) is 75.0 cm³/mol. The fourth-order valence-corrected chi connectivity index (χ4v) is 2.50. The molecule has 102 valence electrons. The molecular formula is C16H20FNO. The minimum Gasteiger partial charge on any atom is -0.466 e. The summed E-state index contributed by atoms with van der Waals surface area (Å²) < 4.78 is 19.4. The summed E-state index contributed by atoms with van der Waals surface area (Å²) in [4.78, 5) is 0. The predicted octanol–water partition coefficient (Wildman–Crippen LogP) is 3.96. The van der Waals surface area contributed by atoms with Crippen LogP contribution >= 0.6 is 0 Å². The Bertz CT molecular complexity index is 601. The van der Waals surface area contributed by atoms with Crippen LogP contribution in [0.3, 0.4) is 0 Å². The van der Waals surface area contributed by atoms with Crippen LogP contribution < -0.4 is 5.32 Å². The van der Waals surface area contributed by atoms with Gasteiger partial charge in [0.2, 0.25) is 0 Å².